The highest BCUT2D eigenvalue weighted by molar-refractivity contribution is 5.68. The summed E-state index contributed by atoms with van der Waals surface area (Å²) in [7, 11) is 0. The average Bonchev–Trinajstić information content (AvgIpc) is 2.49. The molecule has 0 aromatic carbocycles. The van der Waals surface area contributed by atoms with Gasteiger partial charge in [-0.2, -0.15) is 0 Å². The molecule has 0 aliphatic carbocycles. The molecule has 0 aromatic heterocycles. The Labute approximate surface area is 148 Å². The van der Waals surface area contributed by atoms with E-state index in [4.69, 9.17) is 29.2 Å². The van der Waals surface area contributed by atoms with E-state index in [1.165, 1.54) is 0 Å². The third-order valence-electron chi connectivity index (χ3n) is 3.14. The minimum absolute atomic E-state index is 0.383. The molecule has 26 heavy (non-hydrogen) atoms. The zero-order valence-corrected chi connectivity index (χ0v) is 14.6. The Hall–Kier alpha value is -2.85. The van der Waals surface area contributed by atoms with E-state index in [1.807, 2.05) is 0 Å². The number of hydrogen-bond donors (Lipinski definition) is 0. The largest absolute Gasteiger partial charge is 0.463 e. The number of carbonyl (C=O) groups is 4. The minimum atomic E-state index is -1.44. The summed E-state index contributed by atoms with van der Waals surface area (Å²) in [5.74, 6) is -2.90. The van der Waals surface area contributed by atoms with Crippen molar-refractivity contribution in [3.05, 3.63) is 10.4 Å². The van der Waals surface area contributed by atoms with Gasteiger partial charge in [-0.25, -0.2) is 0 Å². The lowest BCUT2D eigenvalue weighted by Gasteiger charge is -2.42. The van der Waals surface area contributed by atoms with Crippen LogP contribution in [0.5, 0.6) is 0 Å². The molecule has 0 N–H and O–H groups in total. The van der Waals surface area contributed by atoms with Crippen LogP contribution in [-0.4, -0.2) is 61.1 Å². The predicted octanol–water partition coefficient (Wildman–Crippen LogP) is 0.380. The molecule has 12 nitrogen and oxygen atoms in total. The summed E-state index contributed by atoms with van der Waals surface area (Å²) >= 11 is 0. The molecule has 0 saturated carbocycles. The quantitative estimate of drug-likeness (QED) is 0.210. The SMILES string of the molecule is CC(=O)OCC1OC(OC(C)=O)C(N=[N+]=[N-])C(OC(C)=O)[C@H]1OC(C)=O. The van der Waals surface area contributed by atoms with Crippen molar-refractivity contribution in [2.24, 2.45) is 5.11 Å². The van der Waals surface area contributed by atoms with E-state index in [2.05, 4.69) is 10.0 Å². The number of rotatable bonds is 6. The van der Waals surface area contributed by atoms with Gasteiger partial charge in [-0.1, -0.05) is 5.11 Å². The highest BCUT2D eigenvalue weighted by Crippen LogP contribution is 2.29. The third-order valence-corrected chi connectivity index (χ3v) is 3.14. The van der Waals surface area contributed by atoms with Gasteiger partial charge in [0.25, 0.3) is 0 Å². The van der Waals surface area contributed by atoms with E-state index in [0.717, 1.165) is 27.7 Å². The molecule has 1 aliphatic rings. The number of azide groups is 1. The molecular weight excluding hydrogens is 354 g/mol. The van der Waals surface area contributed by atoms with E-state index in [9.17, 15) is 19.2 Å². The van der Waals surface area contributed by atoms with Crippen LogP contribution in [0.2, 0.25) is 0 Å². The van der Waals surface area contributed by atoms with Crippen LogP contribution in [0.1, 0.15) is 27.7 Å². The highest BCUT2D eigenvalue weighted by Gasteiger charge is 2.51. The average molecular weight is 373 g/mol. The second-order valence-electron chi connectivity index (χ2n) is 5.30. The molecule has 1 rings (SSSR count). The van der Waals surface area contributed by atoms with Gasteiger partial charge >= 0.3 is 23.9 Å². The maximum atomic E-state index is 11.5. The smallest absolute Gasteiger partial charge is 0.304 e. The molecule has 0 spiro atoms. The Morgan fingerprint density at radius 2 is 1.46 bits per heavy atom. The van der Waals surface area contributed by atoms with Crippen molar-refractivity contribution < 1.29 is 42.9 Å². The molecule has 1 saturated heterocycles. The van der Waals surface area contributed by atoms with Gasteiger partial charge in [0, 0.05) is 32.6 Å². The summed E-state index contributed by atoms with van der Waals surface area (Å²) in [6.07, 6.45) is -5.18. The monoisotopic (exact) mass is 373 g/mol. The standard InChI is InChI=1S/C14H19N3O9/c1-6(18)22-5-10-12(23-7(2)19)13(24-8(3)20)11(16-17-15)14(26-10)25-9(4)21/h10-14H,5H2,1-4H3/t10?,11?,12-,13?,14?/m0/s1. The van der Waals surface area contributed by atoms with Crippen LogP contribution in [0.25, 0.3) is 10.4 Å². The molecule has 5 atom stereocenters. The molecule has 0 amide bonds. The van der Waals surface area contributed by atoms with Gasteiger partial charge in [0.05, 0.1) is 0 Å². The number of ether oxygens (including phenoxy) is 5. The van der Waals surface area contributed by atoms with Crippen LogP contribution in [0.3, 0.4) is 0 Å². The Balaban J connectivity index is 3.28. The van der Waals surface area contributed by atoms with Gasteiger partial charge in [0.15, 0.2) is 12.2 Å². The lowest BCUT2D eigenvalue weighted by Crippen LogP contribution is -2.61. The van der Waals surface area contributed by atoms with Crippen LogP contribution in [-0.2, 0) is 42.9 Å². The van der Waals surface area contributed by atoms with E-state index < -0.39 is 54.5 Å². The van der Waals surface area contributed by atoms with Crippen LogP contribution in [0, 0.1) is 0 Å². The molecule has 1 heterocycles. The fraction of sp³-hybridized carbons (Fsp3) is 0.714. The van der Waals surface area contributed by atoms with Gasteiger partial charge in [-0.05, 0) is 5.53 Å². The summed E-state index contributed by atoms with van der Waals surface area (Å²) in [4.78, 5) is 47.9. The molecule has 1 aliphatic heterocycles. The predicted molar refractivity (Wildman–Crippen MR) is 81.1 cm³/mol. The van der Waals surface area contributed by atoms with Crippen molar-refractivity contribution in [3.63, 3.8) is 0 Å². The van der Waals surface area contributed by atoms with E-state index >= 15 is 0 Å². The number of esters is 4. The van der Waals surface area contributed by atoms with Gasteiger partial charge in [0.2, 0.25) is 6.29 Å². The Bertz CT molecular complexity index is 617. The molecule has 0 aromatic rings. The molecule has 12 heteroatoms. The number of carbonyl (C=O) groups excluding carboxylic acids is 4. The third kappa shape index (κ3) is 6.22. The topological polar surface area (TPSA) is 163 Å². The van der Waals surface area contributed by atoms with E-state index in [1.54, 1.807) is 0 Å². The second kappa shape index (κ2) is 9.59. The second-order valence-corrected chi connectivity index (χ2v) is 5.30. The van der Waals surface area contributed by atoms with E-state index in [-0.39, 0.29) is 6.61 Å². The van der Waals surface area contributed by atoms with Crippen molar-refractivity contribution in [1.29, 1.82) is 0 Å². The zero-order chi connectivity index (χ0) is 19.9. The highest BCUT2D eigenvalue weighted by atomic mass is 16.7. The van der Waals surface area contributed by atoms with Crippen molar-refractivity contribution in [2.45, 2.75) is 58.3 Å². The number of nitrogens with zero attached hydrogens (tertiary/aromatic N) is 3. The summed E-state index contributed by atoms with van der Waals surface area (Å²) < 4.78 is 25.5. The van der Waals surface area contributed by atoms with Crippen molar-refractivity contribution in [3.8, 4) is 0 Å². The van der Waals surface area contributed by atoms with Crippen molar-refractivity contribution in [1.82, 2.24) is 0 Å². The maximum absolute atomic E-state index is 11.5. The van der Waals surface area contributed by atoms with Crippen LogP contribution in [0.15, 0.2) is 5.11 Å². The molecule has 0 bridgehead atoms. The Morgan fingerprint density at radius 3 is 1.92 bits per heavy atom. The first-order valence-electron chi connectivity index (χ1n) is 7.50. The molecule has 0 radical (unpaired) electrons. The zero-order valence-electron chi connectivity index (χ0n) is 14.6. The first-order valence-corrected chi connectivity index (χ1v) is 7.50. The fourth-order valence-corrected chi connectivity index (χ4v) is 2.33. The summed E-state index contributed by atoms with van der Waals surface area (Å²) in [6, 6.07) is -1.33. The molecule has 4 unspecified atom stereocenters. The maximum Gasteiger partial charge on any atom is 0.304 e. The summed E-state index contributed by atoms with van der Waals surface area (Å²) in [5, 5.41) is 3.44. The van der Waals surface area contributed by atoms with E-state index in [0.29, 0.717) is 0 Å². The molecule has 144 valence electrons. The van der Waals surface area contributed by atoms with Crippen molar-refractivity contribution in [2.75, 3.05) is 6.61 Å². The lowest BCUT2D eigenvalue weighted by molar-refractivity contribution is -0.267. The first-order chi connectivity index (χ1) is 12.1. The summed E-state index contributed by atoms with van der Waals surface area (Å²) in [5.41, 5.74) is 8.78. The van der Waals surface area contributed by atoms with Crippen molar-refractivity contribution >= 4 is 23.9 Å². The normalized spacial score (nSPS) is 27.5. The van der Waals surface area contributed by atoms with Gasteiger partial charge < -0.3 is 23.7 Å². The van der Waals surface area contributed by atoms with Gasteiger partial charge in [-0.3, -0.25) is 19.2 Å². The summed E-state index contributed by atoms with van der Waals surface area (Å²) in [6.45, 7) is 4.06. The Morgan fingerprint density at radius 1 is 0.923 bits per heavy atom. The lowest BCUT2D eigenvalue weighted by atomic mass is 9.97. The Kier molecular flexibility index (Phi) is 7.81. The van der Waals surface area contributed by atoms with Crippen LogP contribution >= 0.6 is 0 Å². The number of hydrogen-bond acceptors (Lipinski definition) is 10. The van der Waals surface area contributed by atoms with Crippen LogP contribution < -0.4 is 0 Å². The molecule has 1 fully saturated rings. The first kappa shape index (κ1) is 21.2. The minimum Gasteiger partial charge on any atom is -0.463 e. The fourth-order valence-electron chi connectivity index (χ4n) is 2.33. The van der Waals surface area contributed by atoms with Gasteiger partial charge in [0.1, 0.15) is 18.8 Å². The van der Waals surface area contributed by atoms with Crippen LogP contribution in [0.4, 0.5) is 0 Å². The molecular formula is C14H19N3O9. The van der Waals surface area contributed by atoms with Gasteiger partial charge in [-0.15, -0.1) is 0 Å².